The van der Waals surface area contributed by atoms with Crippen LogP contribution in [0.4, 0.5) is 0 Å². The normalized spacial score (nSPS) is 9.30. The predicted octanol–water partition coefficient (Wildman–Crippen LogP) is -7.84. The van der Waals surface area contributed by atoms with Crippen LogP contribution in [-0.2, 0) is 36.2 Å². The second-order valence-corrected chi connectivity index (χ2v) is 4.00. The maximum Gasteiger partial charge on any atom is 1.00 e. The largest absolute Gasteiger partial charge is 1.00 e. The monoisotopic (exact) mass is 403 g/mol. The molecule has 0 fully saturated rings. The third kappa shape index (κ3) is 20.3. The van der Waals surface area contributed by atoms with Gasteiger partial charge in [0.15, 0.2) is 0 Å². The fourth-order valence-electron chi connectivity index (χ4n) is 1.48. The SMILES string of the molecule is O=C(O)CN(CCN(CC(=O)O)CC(=O)O)CC(=O)O.[Cu].[H-].[H-].[Na+].[Na+]. The molecule has 0 aliphatic carbocycles. The third-order valence-corrected chi connectivity index (χ3v) is 2.17. The van der Waals surface area contributed by atoms with E-state index in [0.29, 0.717) is 0 Å². The van der Waals surface area contributed by atoms with Crippen molar-refractivity contribution in [2.75, 3.05) is 39.3 Å². The van der Waals surface area contributed by atoms with E-state index in [1.807, 2.05) is 0 Å². The number of nitrogens with zero attached hydrogens (tertiary/aromatic N) is 2. The van der Waals surface area contributed by atoms with Crippen LogP contribution in [0.2, 0.25) is 0 Å². The Labute approximate surface area is 190 Å². The van der Waals surface area contributed by atoms with E-state index in [-0.39, 0.29) is 92.1 Å². The van der Waals surface area contributed by atoms with Gasteiger partial charge in [-0.3, -0.25) is 29.0 Å². The summed E-state index contributed by atoms with van der Waals surface area (Å²) in [7, 11) is 0. The molecular weight excluding hydrogens is 386 g/mol. The molecule has 1 radical (unpaired) electrons. The first-order valence-electron chi connectivity index (χ1n) is 5.52. The number of aliphatic carboxylic acids is 4. The molecule has 0 aliphatic heterocycles. The molecule has 0 aromatic heterocycles. The van der Waals surface area contributed by atoms with Crippen LogP contribution in [0.15, 0.2) is 0 Å². The maximum absolute atomic E-state index is 10.6. The summed E-state index contributed by atoms with van der Waals surface area (Å²) in [4.78, 5) is 44.4. The van der Waals surface area contributed by atoms with Gasteiger partial charge in [-0.15, -0.1) is 0 Å². The van der Waals surface area contributed by atoms with Gasteiger partial charge < -0.3 is 23.3 Å². The van der Waals surface area contributed by atoms with Crippen LogP contribution < -0.4 is 59.1 Å². The van der Waals surface area contributed by atoms with Gasteiger partial charge in [0.05, 0.1) is 26.2 Å². The summed E-state index contributed by atoms with van der Waals surface area (Å²) in [5, 5.41) is 34.5. The molecule has 0 rings (SSSR count). The van der Waals surface area contributed by atoms with Crippen molar-refractivity contribution in [3.63, 3.8) is 0 Å². The molecule has 4 N–H and O–H groups in total. The van der Waals surface area contributed by atoms with Gasteiger partial charge in [-0.2, -0.15) is 0 Å². The van der Waals surface area contributed by atoms with Crippen molar-refractivity contribution in [1.29, 1.82) is 0 Å². The van der Waals surface area contributed by atoms with Crippen molar-refractivity contribution in [2.24, 2.45) is 0 Å². The van der Waals surface area contributed by atoms with E-state index in [2.05, 4.69) is 0 Å². The smallest absolute Gasteiger partial charge is 1.00 e. The van der Waals surface area contributed by atoms with Crippen LogP contribution in [0.3, 0.4) is 0 Å². The van der Waals surface area contributed by atoms with Crippen LogP contribution >= 0.6 is 0 Å². The van der Waals surface area contributed by atoms with E-state index < -0.39 is 50.1 Å². The molecule has 23 heavy (non-hydrogen) atoms. The Kier molecular flexibility index (Phi) is 23.2. The summed E-state index contributed by atoms with van der Waals surface area (Å²) < 4.78 is 0. The van der Waals surface area contributed by atoms with Gasteiger partial charge in [-0.05, 0) is 0 Å². The van der Waals surface area contributed by atoms with Crippen molar-refractivity contribution in [2.45, 2.75) is 0 Å². The second kappa shape index (κ2) is 17.2. The van der Waals surface area contributed by atoms with Gasteiger partial charge in [-0.25, -0.2) is 0 Å². The fourth-order valence-corrected chi connectivity index (χ4v) is 1.48. The average Bonchev–Trinajstić information content (AvgIpc) is 2.22. The minimum absolute atomic E-state index is 0. The topological polar surface area (TPSA) is 156 Å². The van der Waals surface area contributed by atoms with Crippen LogP contribution in [0, 0.1) is 0 Å². The number of carbonyl (C=O) groups is 4. The van der Waals surface area contributed by atoms with Crippen molar-refractivity contribution < 1.29 is 119 Å². The van der Waals surface area contributed by atoms with E-state index in [0.717, 1.165) is 9.80 Å². The van der Waals surface area contributed by atoms with Gasteiger partial charge in [0.1, 0.15) is 0 Å². The Morgan fingerprint density at radius 2 is 0.783 bits per heavy atom. The van der Waals surface area contributed by atoms with E-state index in [1.54, 1.807) is 0 Å². The number of carboxylic acids is 4. The van der Waals surface area contributed by atoms with Crippen LogP contribution in [0.25, 0.3) is 0 Å². The summed E-state index contributed by atoms with van der Waals surface area (Å²) >= 11 is 0. The van der Waals surface area contributed by atoms with Gasteiger partial charge in [0.2, 0.25) is 0 Å². The fraction of sp³-hybridized carbons (Fsp3) is 0.600. The molecule has 0 atom stereocenters. The van der Waals surface area contributed by atoms with Crippen molar-refractivity contribution in [3.05, 3.63) is 0 Å². The minimum atomic E-state index is -1.23. The molecule has 0 bridgehead atoms. The van der Waals surface area contributed by atoms with E-state index in [9.17, 15) is 19.2 Å². The second-order valence-electron chi connectivity index (χ2n) is 4.00. The quantitative estimate of drug-likeness (QED) is 0.244. The first-order chi connectivity index (χ1) is 9.20. The Balaban J connectivity index is -0.000000180. The van der Waals surface area contributed by atoms with Gasteiger partial charge >= 0.3 is 83.0 Å². The Hall–Kier alpha value is 0.319. The van der Waals surface area contributed by atoms with E-state index in [4.69, 9.17) is 20.4 Å². The zero-order valence-corrected chi connectivity index (χ0v) is 17.8. The van der Waals surface area contributed by atoms with Crippen LogP contribution in [0.1, 0.15) is 2.85 Å². The van der Waals surface area contributed by atoms with Crippen molar-refractivity contribution in [1.82, 2.24) is 9.80 Å². The molecule has 0 aromatic rings. The molecule has 10 nitrogen and oxygen atoms in total. The standard InChI is InChI=1S/C10H16N2O8.Cu.2Na.2H/c13-7(14)3-11(4-8(15)16)1-2-12(5-9(17)18)6-10(19)20;;;;;/h1-6H2,(H,13,14)(H,15,16)(H,17,18)(H,19,20);;;;;/q;;2*+1;2*-1. The zero-order chi connectivity index (χ0) is 15.7. The number of hydrogen-bond donors (Lipinski definition) is 4. The molecule has 0 aromatic carbocycles. The van der Waals surface area contributed by atoms with Crippen LogP contribution in [0.5, 0.6) is 0 Å². The molecule has 0 aliphatic rings. The molecule has 0 amide bonds. The number of carboxylic acid groups (broad SMARTS) is 4. The van der Waals surface area contributed by atoms with Crippen molar-refractivity contribution >= 4 is 23.9 Å². The first-order valence-corrected chi connectivity index (χ1v) is 5.52. The molecule has 0 saturated carbocycles. The minimum Gasteiger partial charge on any atom is -1.00 e. The molecule has 0 spiro atoms. The molecule has 0 saturated heterocycles. The number of rotatable bonds is 11. The molecule has 0 heterocycles. The summed E-state index contributed by atoms with van der Waals surface area (Å²) in [5.74, 6) is -4.91. The average molecular weight is 404 g/mol. The van der Waals surface area contributed by atoms with Crippen molar-refractivity contribution in [3.8, 4) is 0 Å². The van der Waals surface area contributed by atoms with E-state index >= 15 is 0 Å². The summed E-state index contributed by atoms with van der Waals surface area (Å²) in [6.45, 7) is -2.25. The Morgan fingerprint density at radius 3 is 0.913 bits per heavy atom. The molecular formula is C10H18CuN2Na2O8. The van der Waals surface area contributed by atoms with Gasteiger partial charge in [0.25, 0.3) is 0 Å². The van der Waals surface area contributed by atoms with Crippen LogP contribution in [-0.4, -0.2) is 93.4 Å². The summed E-state index contributed by atoms with van der Waals surface area (Å²) in [6, 6.07) is 0. The number of hydrogen-bond acceptors (Lipinski definition) is 6. The Bertz CT molecular complexity index is 341. The van der Waals surface area contributed by atoms with E-state index in [1.165, 1.54) is 0 Å². The maximum atomic E-state index is 10.6. The summed E-state index contributed by atoms with van der Waals surface area (Å²) in [5.41, 5.74) is 0. The van der Waals surface area contributed by atoms with Gasteiger partial charge in [0, 0.05) is 30.2 Å². The molecule has 0 unspecified atom stereocenters. The summed E-state index contributed by atoms with van der Waals surface area (Å²) in [6.07, 6.45) is 0. The third-order valence-electron chi connectivity index (χ3n) is 2.17. The van der Waals surface area contributed by atoms with Gasteiger partial charge in [-0.1, -0.05) is 0 Å². The molecule has 13 heteroatoms. The Morgan fingerprint density at radius 1 is 0.609 bits per heavy atom. The first kappa shape index (κ1) is 31.1. The zero-order valence-electron chi connectivity index (χ0n) is 14.9. The predicted molar refractivity (Wildman–Crippen MR) is 65.6 cm³/mol. The molecule has 129 valence electrons.